The number of benzene rings is 8. The molecule has 75 heavy (non-hydrogen) atoms. The van der Waals surface area contributed by atoms with Crippen LogP contribution in [0.2, 0.25) is 0 Å². The number of hydrogen-bond donors (Lipinski definition) is 0. The quantitative estimate of drug-likeness (QED) is 0.0252. The van der Waals surface area contributed by atoms with Crippen molar-refractivity contribution in [3.63, 3.8) is 0 Å². The van der Waals surface area contributed by atoms with Gasteiger partial charge in [-0.05, 0) is 167 Å². The lowest BCUT2D eigenvalue weighted by molar-refractivity contribution is 0.667. The first kappa shape index (κ1) is 54.8. The Balaban J connectivity index is 1.19. The summed E-state index contributed by atoms with van der Waals surface area (Å²) in [6.07, 6.45) is 25.0. The van der Waals surface area contributed by atoms with Crippen molar-refractivity contribution < 1.29 is 0 Å². The normalized spacial score (nSPS) is 11.5. The van der Waals surface area contributed by atoms with Crippen LogP contribution in [0, 0.1) is 0 Å². The fraction of sp³-hybridized carbons (Fsp3) is 0.333. The van der Waals surface area contributed by atoms with Crippen molar-refractivity contribution >= 4 is 62.9 Å². The third-order valence-corrected chi connectivity index (χ3v) is 20.4. The zero-order valence-corrected chi connectivity index (χ0v) is 47.2. The van der Waals surface area contributed by atoms with Crippen LogP contribution in [0.15, 0.2) is 206 Å². The highest BCUT2D eigenvalue weighted by atomic mass is 28.3. The van der Waals surface area contributed by atoms with E-state index in [2.05, 4.69) is 244 Å². The molecule has 0 spiro atoms. The number of aryl methyl sites for hydroxylation is 4. The highest BCUT2D eigenvalue weighted by Gasteiger charge is 2.41. The van der Waals surface area contributed by atoms with E-state index in [1.54, 1.807) is 0 Å². The Morgan fingerprint density at radius 2 is 0.440 bits per heavy atom. The van der Waals surface area contributed by atoms with Crippen LogP contribution in [0.1, 0.15) is 153 Å². The third kappa shape index (κ3) is 14.5. The molecule has 0 unspecified atom stereocenters. The first-order valence-corrected chi connectivity index (χ1v) is 31.3. The molecule has 0 heterocycles. The number of nitrogens with zero attached hydrogens (tertiary/aromatic N) is 2. The molecule has 0 atom stereocenters. The van der Waals surface area contributed by atoms with Gasteiger partial charge in [0.2, 0.25) is 0 Å². The van der Waals surface area contributed by atoms with Gasteiger partial charge in [-0.3, -0.25) is 0 Å². The molecule has 0 radical (unpaired) electrons. The summed E-state index contributed by atoms with van der Waals surface area (Å²) in [6, 6.07) is 79.6. The number of rotatable bonds is 30. The van der Waals surface area contributed by atoms with Crippen molar-refractivity contribution in [2.24, 2.45) is 0 Å². The van der Waals surface area contributed by atoms with Crippen molar-refractivity contribution in [2.45, 2.75) is 156 Å². The van der Waals surface area contributed by atoms with Gasteiger partial charge in [-0.25, -0.2) is 0 Å². The molecule has 0 N–H and O–H groups in total. The summed E-state index contributed by atoms with van der Waals surface area (Å²) in [5, 5.41) is 5.47. The maximum atomic E-state index is 2.46. The molecule has 0 saturated heterocycles. The number of unbranched alkanes of at least 4 members (excludes halogenated alkanes) is 12. The highest BCUT2D eigenvalue weighted by molar-refractivity contribution is 7.19. The zero-order chi connectivity index (χ0) is 51.9. The molecule has 0 aliphatic carbocycles. The molecule has 388 valence electrons. The van der Waals surface area contributed by atoms with E-state index in [1.807, 2.05) is 0 Å². The number of hydrogen-bond acceptors (Lipinski definition) is 2. The molecule has 3 heteroatoms. The monoisotopic (exact) mass is 1010 g/mol. The van der Waals surface area contributed by atoms with E-state index >= 15 is 0 Å². The van der Waals surface area contributed by atoms with Crippen molar-refractivity contribution in [2.75, 3.05) is 9.80 Å². The average molecular weight is 1010 g/mol. The molecule has 8 aromatic carbocycles. The van der Waals surface area contributed by atoms with Crippen LogP contribution < -0.4 is 30.5 Å². The fourth-order valence-electron chi connectivity index (χ4n) is 11.3. The van der Waals surface area contributed by atoms with Gasteiger partial charge in [0, 0.05) is 34.1 Å². The molecule has 2 nitrogen and oxygen atoms in total. The Bertz CT molecular complexity index is 2510. The predicted molar refractivity (Wildman–Crippen MR) is 331 cm³/mol. The molecule has 0 aliphatic rings. The van der Waals surface area contributed by atoms with Crippen LogP contribution in [0.4, 0.5) is 34.1 Å². The van der Waals surface area contributed by atoms with Crippen molar-refractivity contribution in [1.82, 2.24) is 0 Å². The summed E-state index contributed by atoms with van der Waals surface area (Å²) in [5.74, 6) is 0. The molecule has 0 saturated carbocycles. The molecule has 8 aromatic rings. The van der Waals surface area contributed by atoms with Gasteiger partial charge in [-0.1, -0.05) is 238 Å². The highest BCUT2D eigenvalue weighted by Crippen LogP contribution is 2.37. The first-order chi connectivity index (χ1) is 37.0. The van der Waals surface area contributed by atoms with Crippen LogP contribution in [0.5, 0.6) is 0 Å². The van der Waals surface area contributed by atoms with Gasteiger partial charge in [-0.15, -0.1) is 0 Å². The van der Waals surface area contributed by atoms with E-state index in [0.29, 0.717) is 0 Å². The third-order valence-electron chi connectivity index (χ3n) is 15.6. The lowest BCUT2D eigenvalue weighted by atomic mass is 10.0. The summed E-state index contributed by atoms with van der Waals surface area (Å²) >= 11 is 0. The van der Waals surface area contributed by atoms with Crippen LogP contribution in [0.3, 0.4) is 0 Å². The molecular weight excluding hydrogens is 921 g/mol. The van der Waals surface area contributed by atoms with Crippen molar-refractivity contribution in [3.8, 4) is 0 Å². The lowest BCUT2D eigenvalue weighted by Gasteiger charge is -2.35. The minimum Gasteiger partial charge on any atom is -0.311 e. The molecular formula is C72H86N2Si. The smallest absolute Gasteiger partial charge is 0.179 e. The van der Waals surface area contributed by atoms with Gasteiger partial charge < -0.3 is 9.80 Å². The molecule has 0 aliphatic heterocycles. The summed E-state index contributed by atoms with van der Waals surface area (Å²) in [7, 11) is -2.88. The Morgan fingerprint density at radius 3 is 0.667 bits per heavy atom. The summed E-state index contributed by atoms with van der Waals surface area (Å²) in [5.41, 5.74) is 12.8. The maximum Gasteiger partial charge on any atom is 0.179 e. The minimum atomic E-state index is -2.88. The topological polar surface area (TPSA) is 6.48 Å². The van der Waals surface area contributed by atoms with E-state index < -0.39 is 8.07 Å². The van der Waals surface area contributed by atoms with E-state index in [9.17, 15) is 0 Å². The van der Waals surface area contributed by atoms with Gasteiger partial charge in [0.1, 0.15) is 0 Å². The van der Waals surface area contributed by atoms with Gasteiger partial charge in [0.05, 0.1) is 0 Å². The van der Waals surface area contributed by atoms with Crippen LogP contribution in [0.25, 0.3) is 0 Å². The van der Waals surface area contributed by atoms with Crippen molar-refractivity contribution in [1.29, 1.82) is 0 Å². The standard InChI is InChI=1S/C72H86N2Si/c1-5-9-13-19-27-59-35-43-63(44-36-59)73(64-45-37-60(38-46-64)28-20-14-10-6-2)67-51-55-71(56-52-67)75(69-31-23-17-24-32-69,70-33-25-18-26-34-70)72-57-53-68(54-58-72)74(65-47-39-61(40-48-65)29-21-15-11-7-3)66-49-41-62(42-50-66)30-22-16-12-8-4/h17-18,23-26,31-58H,5-16,19-22,27-30H2,1-4H3. The minimum absolute atomic E-state index is 1.13. The summed E-state index contributed by atoms with van der Waals surface area (Å²) in [4.78, 5) is 4.92. The zero-order valence-electron chi connectivity index (χ0n) is 46.2. The molecule has 0 fully saturated rings. The van der Waals surface area contributed by atoms with Gasteiger partial charge in [0.15, 0.2) is 8.07 Å². The summed E-state index contributed by atoms with van der Waals surface area (Å²) in [6.45, 7) is 9.16. The van der Waals surface area contributed by atoms with Crippen LogP contribution in [-0.4, -0.2) is 8.07 Å². The largest absolute Gasteiger partial charge is 0.311 e. The second-order valence-electron chi connectivity index (χ2n) is 21.2. The molecule has 0 aromatic heterocycles. The number of anilines is 6. The van der Waals surface area contributed by atoms with Crippen molar-refractivity contribution in [3.05, 3.63) is 229 Å². The van der Waals surface area contributed by atoms with Gasteiger partial charge in [0.25, 0.3) is 0 Å². The maximum absolute atomic E-state index is 2.88. The lowest BCUT2D eigenvalue weighted by Crippen LogP contribution is -2.74. The van der Waals surface area contributed by atoms with E-state index in [4.69, 9.17) is 0 Å². The van der Waals surface area contributed by atoms with Crippen LogP contribution >= 0.6 is 0 Å². The molecule has 0 bridgehead atoms. The van der Waals surface area contributed by atoms with E-state index in [1.165, 1.54) is 180 Å². The fourth-order valence-corrected chi connectivity index (χ4v) is 16.0. The first-order valence-electron chi connectivity index (χ1n) is 29.3. The van der Waals surface area contributed by atoms with E-state index in [-0.39, 0.29) is 0 Å². The van der Waals surface area contributed by atoms with E-state index in [0.717, 1.165) is 25.7 Å². The summed E-state index contributed by atoms with van der Waals surface area (Å²) < 4.78 is 0. The predicted octanol–water partition coefficient (Wildman–Crippen LogP) is 18.5. The molecule has 0 amide bonds. The Kier molecular flexibility index (Phi) is 21.2. The Labute approximate surface area is 454 Å². The molecule has 8 rings (SSSR count). The second-order valence-corrected chi connectivity index (χ2v) is 25.0. The SMILES string of the molecule is CCCCCCc1ccc(N(c2ccc(CCCCCC)cc2)c2ccc([Si](c3ccccc3)(c3ccccc3)c3ccc(N(c4ccc(CCCCCC)cc4)c4ccc(CCCCCC)cc4)cc3)cc2)cc1. The average Bonchev–Trinajstić information content (AvgIpc) is 3.49. The van der Waals surface area contributed by atoms with Gasteiger partial charge in [-0.2, -0.15) is 0 Å². The van der Waals surface area contributed by atoms with Crippen LogP contribution in [-0.2, 0) is 25.7 Å². The second kappa shape index (κ2) is 29.0. The Hall–Kier alpha value is -6.42. The Morgan fingerprint density at radius 1 is 0.227 bits per heavy atom. The van der Waals surface area contributed by atoms with Gasteiger partial charge >= 0.3 is 0 Å².